The van der Waals surface area contributed by atoms with Gasteiger partial charge in [-0.3, -0.25) is 14.5 Å². The van der Waals surface area contributed by atoms with E-state index in [1.807, 2.05) is 30.3 Å². The second kappa shape index (κ2) is 7.23. The van der Waals surface area contributed by atoms with Crippen molar-refractivity contribution in [3.63, 3.8) is 0 Å². The standard InChI is InChI=1S/C19H13ClN2O2S2/c20-13-7-5-12(6-8-13)15(23)10-22-18(24)11-25-19(22)9-17-21-14-3-1-2-4-16(14)26-17/h1-9H,10-11H2/b19-9-. The molecule has 0 atom stereocenters. The largest absolute Gasteiger partial charge is 0.298 e. The molecular formula is C19H13ClN2O2S2. The van der Waals surface area contributed by atoms with Crippen LogP contribution in [0.2, 0.25) is 5.02 Å². The lowest BCUT2D eigenvalue weighted by Crippen LogP contribution is -2.30. The number of para-hydroxylation sites is 1. The van der Waals surface area contributed by atoms with E-state index >= 15 is 0 Å². The number of benzene rings is 2. The van der Waals surface area contributed by atoms with Crippen LogP contribution in [0.15, 0.2) is 53.6 Å². The number of fused-ring (bicyclic) bond motifs is 1. The van der Waals surface area contributed by atoms with Crippen LogP contribution in [0.3, 0.4) is 0 Å². The summed E-state index contributed by atoms with van der Waals surface area (Å²) in [6.45, 7) is 0.0180. The van der Waals surface area contributed by atoms with E-state index in [1.165, 1.54) is 16.7 Å². The average Bonchev–Trinajstić information content (AvgIpc) is 3.20. The van der Waals surface area contributed by atoms with Crippen LogP contribution in [0.1, 0.15) is 15.4 Å². The van der Waals surface area contributed by atoms with Gasteiger partial charge in [-0.15, -0.1) is 11.3 Å². The number of rotatable bonds is 4. The molecule has 1 aliphatic heterocycles. The van der Waals surface area contributed by atoms with Crippen molar-refractivity contribution in [3.05, 3.63) is 69.2 Å². The summed E-state index contributed by atoms with van der Waals surface area (Å²) in [5.74, 6) is 0.155. The molecule has 0 spiro atoms. The number of ketones is 1. The van der Waals surface area contributed by atoms with Crippen LogP contribution in [-0.2, 0) is 4.79 Å². The van der Waals surface area contributed by atoms with E-state index in [2.05, 4.69) is 4.98 Å². The van der Waals surface area contributed by atoms with Crippen LogP contribution < -0.4 is 0 Å². The quantitative estimate of drug-likeness (QED) is 0.595. The number of nitrogens with zero attached hydrogens (tertiary/aromatic N) is 2. The summed E-state index contributed by atoms with van der Waals surface area (Å²) in [6.07, 6.45) is 1.88. The van der Waals surface area contributed by atoms with Crippen LogP contribution in [0.4, 0.5) is 0 Å². The first kappa shape index (κ1) is 17.3. The number of Topliss-reactive ketones (excluding diaryl/α,β-unsaturated/α-hetero) is 1. The Balaban J connectivity index is 1.58. The molecule has 2 aromatic carbocycles. The molecule has 3 aromatic rings. The highest BCUT2D eigenvalue weighted by Gasteiger charge is 2.29. The van der Waals surface area contributed by atoms with Crippen LogP contribution >= 0.6 is 34.7 Å². The monoisotopic (exact) mass is 400 g/mol. The smallest absolute Gasteiger partial charge is 0.238 e. The summed E-state index contributed by atoms with van der Waals surface area (Å²) >= 11 is 8.86. The van der Waals surface area contributed by atoms with Crippen LogP contribution in [0.5, 0.6) is 0 Å². The second-order valence-electron chi connectivity index (χ2n) is 5.70. The number of thioether (sulfide) groups is 1. The average molecular weight is 401 g/mol. The number of halogens is 1. The zero-order valence-electron chi connectivity index (χ0n) is 13.5. The van der Waals surface area contributed by atoms with Crippen molar-refractivity contribution in [2.75, 3.05) is 12.3 Å². The number of carbonyl (C=O) groups excluding carboxylic acids is 2. The van der Waals surface area contributed by atoms with Gasteiger partial charge < -0.3 is 0 Å². The van der Waals surface area contributed by atoms with Gasteiger partial charge in [-0.25, -0.2) is 4.98 Å². The van der Waals surface area contributed by atoms with Gasteiger partial charge in [0.2, 0.25) is 5.91 Å². The van der Waals surface area contributed by atoms with E-state index in [-0.39, 0.29) is 18.2 Å². The van der Waals surface area contributed by atoms with E-state index in [0.717, 1.165) is 20.3 Å². The Kier molecular flexibility index (Phi) is 4.80. The van der Waals surface area contributed by atoms with Crippen molar-refractivity contribution in [1.29, 1.82) is 0 Å². The van der Waals surface area contributed by atoms with Crippen LogP contribution in [0.25, 0.3) is 16.3 Å². The number of thiazole rings is 1. The predicted molar refractivity (Wildman–Crippen MR) is 108 cm³/mol. The molecule has 0 N–H and O–H groups in total. The Labute approximate surface area is 163 Å². The molecule has 7 heteroatoms. The third kappa shape index (κ3) is 3.53. The molecular weight excluding hydrogens is 388 g/mol. The predicted octanol–water partition coefficient (Wildman–Crippen LogP) is 4.71. The number of aromatic nitrogens is 1. The highest BCUT2D eigenvalue weighted by atomic mass is 35.5. The van der Waals surface area contributed by atoms with Crippen molar-refractivity contribution in [3.8, 4) is 0 Å². The van der Waals surface area contributed by atoms with Gasteiger partial charge in [0.1, 0.15) is 5.01 Å². The van der Waals surface area contributed by atoms with Crippen molar-refractivity contribution < 1.29 is 9.59 Å². The number of hydrogen-bond donors (Lipinski definition) is 0. The maximum absolute atomic E-state index is 12.5. The maximum Gasteiger partial charge on any atom is 0.238 e. The Morgan fingerprint density at radius 1 is 1.19 bits per heavy atom. The molecule has 1 fully saturated rings. The molecule has 0 unspecified atom stereocenters. The first-order valence-electron chi connectivity index (χ1n) is 7.89. The third-order valence-electron chi connectivity index (χ3n) is 3.94. The summed E-state index contributed by atoms with van der Waals surface area (Å²) < 4.78 is 1.09. The molecule has 2 heterocycles. The van der Waals surface area contributed by atoms with Gasteiger partial charge in [-0.05, 0) is 36.4 Å². The first-order chi connectivity index (χ1) is 12.6. The molecule has 26 heavy (non-hydrogen) atoms. The lowest BCUT2D eigenvalue weighted by molar-refractivity contribution is -0.125. The van der Waals surface area contributed by atoms with E-state index in [4.69, 9.17) is 11.6 Å². The Hall–Kier alpha value is -2.15. The molecule has 1 aromatic heterocycles. The van der Waals surface area contributed by atoms with Crippen LogP contribution in [-0.4, -0.2) is 33.9 Å². The SMILES string of the molecule is O=C(CN1C(=O)CS/C1=C\c1nc2ccccc2s1)c1ccc(Cl)cc1. The lowest BCUT2D eigenvalue weighted by atomic mass is 10.1. The first-order valence-corrected chi connectivity index (χ1v) is 10.1. The highest BCUT2D eigenvalue weighted by Crippen LogP contribution is 2.33. The lowest BCUT2D eigenvalue weighted by Gasteiger charge is -2.16. The molecule has 0 aliphatic carbocycles. The Morgan fingerprint density at radius 2 is 1.96 bits per heavy atom. The molecule has 0 radical (unpaired) electrons. The molecule has 1 saturated heterocycles. The zero-order chi connectivity index (χ0) is 18.1. The minimum atomic E-state index is -0.118. The van der Waals surface area contributed by atoms with Crippen LogP contribution in [0, 0.1) is 0 Å². The molecule has 0 saturated carbocycles. The third-order valence-corrected chi connectivity index (χ3v) is 6.20. The summed E-state index contributed by atoms with van der Waals surface area (Å²) in [6, 6.07) is 14.6. The van der Waals surface area contributed by atoms with E-state index in [1.54, 1.807) is 35.6 Å². The topological polar surface area (TPSA) is 50.3 Å². The summed E-state index contributed by atoms with van der Waals surface area (Å²) in [4.78, 5) is 30.9. The highest BCUT2D eigenvalue weighted by molar-refractivity contribution is 8.04. The molecule has 130 valence electrons. The summed E-state index contributed by atoms with van der Waals surface area (Å²) in [5.41, 5.74) is 1.47. The summed E-state index contributed by atoms with van der Waals surface area (Å²) in [7, 11) is 0. The maximum atomic E-state index is 12.5. The number of carbonyl (C=O) groups is 2. The van der Waals surface area contributed by atoms with Crippen molar-refractivity contribution >= 4 is 62.7 Å². The normalized spacial score (nSPS) is 16.0. The molecule has 0 bridgehead atoms. The molecule has 4 nitrogen and oxygen atoms in total. The van der Waals surface area contributed by atoms with Gasteiger partial charge in [0.15, 0.2) is 5.78 Å². The van der Waals surface area contributed by atoms with Crippen molar-refractivity contribution in [1.82, 2.24) is 9.88 Å². The fourth-order valence-electron chi connectivity index (χ4n) is 2.63. The van der Waals surface area contributed by atoms with Gasteiger partial charge in [0.05, 0.1) is 27.5 Å². The van der Waals surface area contributed by atoms with Crippen molar-refractivity contribution in [2.45, 2.75) is 0 Å². The van der Waals surface area contributed by atoms with E-state index in [0.29, 0.717) is 16.3 Å². The summed E-state index contributed by atoms with van der Waals surface area (Å²) in [5, 5.41) is 2.16. The van der Waals surface area contributed by atoms with Gasteiger partial charge in [0.25, 0.3) is 0 Å². The minimum absolute atomic E-state index is 0.0180. The molecule has 4 rings (SSSR count). The van der Waals surface area contributed by atoms with E-state index in [9.17, 15) is 9.59 Å². The number of amides is 1. The number of hydrogen-bond acceptors (Lipinski definition) is 5. The Morgan fingerprint density at radius 3 is 2.73 bits per heavy atom. The van der Waals surface area contributed by atoms with Gasteiger partial charge in [0, 0.05) is 16.7 Å². The zero-order valence-corrected chi connectivity index (χ0v) is 15.9. The fraction of sp³-hybridized carbons (Fsp3) is 0.105. The second-order valence-corrected chi connectivity index (χ2v) is 8.20. The molecule has 1 amide bonds. The minimum Gasteiger partial charge on any atom is -0.298 e. The van der Waals surface area contributed by atoms with E-state index < -0.39 is 0 Å². The van der Waals surface area contributed by atoms with Gasteiger partial charge in [-0.2, -0.15) is 0 Å². The van der Waals surface area contributed by atoms with Crippen molar-refractivity contribution in [2.24, 2.45) is 0 Å². The fourth-order valence-corrected chi connectivity index (χ4v) is 4.68. The van der Waals surface area contributed by atoms with Gasteiger partial charge >= 0.3 is 0 Å². The molecule has 1 aliphatic rings. The van der Waals surface area contributed by atoms with Gasteiger partial charge in [-0.1, -0.05) is 35.5 Å². The Bertz CT molecular complexity index is 994.